The third-order valence-corrected chi connectivity index (χ3v) is 5.10. The molecule has 0 atom stereocenters. The molecule has 0 N–H and O–H groups in total. The second-order valence-corrected chi connectivity index (χ2v) is 6.96. The molecule has 4 nitrogen and oxygen atoms in total. The van der Waals surface area contributed by atoms with Crippen LogP contribution < -0.4 is 4.90 Å². The zero-order chi connectivity index (χ0) is 18.5. The van der Waals surface area contributed by atoms with Gasteiger partial charge < -0.3 is 0 Å². The van der Waals surface area contributed by atoms with Crippen molar-refractivity contribution in [1.82, 2.24) is 9.97 Å². The van der Waals surface area contributed by atoms with Crippen LogP contribution in [0, 0.1) is 0 Å². The molecule has 0 aliphatic heterocycles. The van der Waals surface area contributed by atoms with E-state index < -0.39 is 0 Å². The largest absolute Gasteiger partial charge is 0.278 e. The summed E-state index contributed by atoms with van der Waals surface area (Å²) in [5, 5.41) is 0.671. The first-order valence-corrected chi connectivity index (χ1v) is 9.41. The predicted octanol–water partition coefficient (Wildman–Crippen LogP) is 4.94. The molecule has 27 heavy (non-hydrogen) atoms. The lowest BCUT2D eigenvalue weighted by atomic mass is 10.2. The van der Waals surface area contributed by atoms with Gasteiger partial charge in [-0.15, -0.1) is 0 Å². The van der Waals surface area contributed by atoms with Crippen molar-refractivity contribution in [3.05, 3.63) is 96.3 Å². The number of benzene rings is 2. The smallest absolute Gasteiger partial charge is 0.253 e. The number of rotatable bonds is 5. The first-order chi connectivity index (χ1) is 13.3. The highest BCUT2D eigenvalue weighted by atomic mass is 32.1. The van der Waals surface area contributed by atoms with E-state index in [1.54, 1.807) is 17.2 Å². The molecule has 0 bridgehead atoms. The lowest BCUT2D eigenvalue weighted by Crippen LogP contribution is -2.29. The molecule has 2 aromatic heterocycles. The number of hydrogen-bond acceptors (Lipinski definition) is 4. The molecule has 4 rings (SSSR count). The lowest BCUT2D eigenvalue weighted by Gasteiger charge is -2.17. The van der Waals surface area contributed by atoms with Crippen molar-refractivity contribution in [2.24, 2.45) is 0 Å². The van der Waals surface area contributed by atoms with Crippen LogP contribution in [0.1, 0.15) is 11.3 Å². The molecular formula is C22H17N3OS. The van der Waals surface area contributed by atoms with Crippen molar-refractivity contribution in [2.45, 2.75) is 6.54 Å². The topological polar surface area (TPSA) is 46.1 Å². The number of anilines is 1. The Labute approximate surface area is 161 Å². The summed E-state index contributed by atoms with van der Waals surface area (Å²) in [4.78, 5) is 23.7. The van der Waals surface area contributed by atoms with Crippen molar-refractivity contribution in [3.63, 3.8) is 0 Å². The minimum absolute atomic E-state index is 0.122. The van der Waals surface area contributed by atoms with Gasteiger partial charge in [0.25, 0.3) is 5.91 Å². The molecule has 4 aromatic rings. The lowest BCUT2D eigenvalue weighted by molar-refractivity contribution is -0.114. The van der Waals surface area contributed by atoms with Crippen LogP contribution >= 0.6 is 11.3 Å². The molecule has 0 fully saturated rings. The number of carbonyl (C=O) groups is 1. The van der Waals surface area contributed by atoms with E-state index in [-0.39, 0.29) is 5.91 Å². The fourth-order valence-corrected chi connectivity index (χ4v) is 3.66. The quantitative estimate of drug-likeness (QED) is 0.467. The first-order valence-electron chi connectivity index (χ1n) is 8.60. The fourth-order valence-electron chi connectivity index (χ4n) is 2.69. The summed E-state index contributed by atoms with van der Waals surface area (Å²) in [7, 11) is 0. The molecule has 2 heterocycles. The normalized spacial score (nSPS) is 11.1. The Morgan fingerprint density at radius 3 is 2.52 bits per heavy atom. The van der Waals surface area contributed by atoms with Gasteiger partial charge >= 0.3 is 0 Å². The maximum absolute atomic E-state index is 13.0. The van der Waals surface area contributed by atoms with Gasteiger partial charge in [0, 0.05) is 12.3 Å². The van der Waals surface area contributed by atoms with Gasteiger partial charge in [-0.1, -0.05) is 59.9 Å². The molecule has 1 amide bonds. The van der Waals surface area contributed by atoms with Crippen LogP contribution in [0.4, 0.5) is 5.13 Å². The van der Waals surface area contributed by atoms with Crippen LogP contribution in [-0.2, 0) is 11.3 Å². The van der Waals surface area contributed by atoms with Gasteiger partial charge in [-0.25, -0.2) is 4.98 Å². The SMILES string of the molecule is O=C(/C=C/c1ccccc1)N(Cc1ccccn1)c1nc2ccccc2s1. The van der Waals surface area contributed by atoms with E-state index in [0.717, 1.165) is 21.5 Å². The van der Waals surface area contributed by atoms with E-state index in [4.69, 9.17) is 0 Å². The number of nitrogens with zero attached hydrogens (tertiary/aromatic N) is 3. The highest BCUT2D eigenvalue weighted by molar-refractivity contribution is 7.22. The van der Waals surface area contributed by atoms with Gasteiger partial charge in [0.2, 0.25) is 0 Å². The van der Waals surface area contributed by atoms with Gasteiger partial charge in [-0.3, -0.25) is 14.7 Å². The summed E-state index contributed by atoms with van der Waals surface area (Å²) < 4.78 is 1.05. The van der Waals surface area contributed by atoms with Crippen molar-refractivity contribution in [3.8, 4) is 0 Å². The number of fused-ring (bicyclic) bond motifs is 1. The molecule has 0 radical (unpaired) electrons. The predicted molar refractivity (Wildman–Crippen MR) is 111 cm³/mol. The van der Waals surface area contributed by atoms with E-state index in [1.165, 1.54) is 11.3 Å². The molecule has 2 aromatic carbocycles. The average Bonchev–Trinajstić information content (AvgIpc) is 3.15. The molecule has 5 heteroatoms. The zero-order valence-corrected chi connectivity index (χ0v) is 15.3. The van der Waals surface area contributed by atoms with Gasteiger partial charge in [0.1, 0.15) is 0 Å². The van der Waals surface area contributed by atoms with Gasteiger partial charge in [0.15, 0.2) is 5.13 Å². The van der Waals surface area contributed by atoms with Crippen LogP contribution in [-0.4, -0.2) is 15.9 Å². The molecule has 132 valence electrons. The first kappa shape index (κ1) is 17.1. The maximum Gasteiger partial charge on any atom is 0.253 e. The van der Waals surface area contributed by atoms with Gasteiger partial charge in [0.05, 0.1) is 22.5 Å². The Kier molecular flexibility index (Phi) is 5.03. The summed E-state index contributed by atoms with van der Waals surface area (Å²) >= 11 is 1.51. The molecule has 0 saturated heterocycles. The molecular weight excluding hydrogens is 354 g/mol. The number of thiazole rings is 1. The molecule has 0 spiro atoms. The second-order valence-electron chi connectivity index (χ2n) is 5.95. The number of pyridine rings is 1. The van der Waals surface area contributed by atoms with Gasteiger partial charge in [-0.05, 0) is 35.9 Å². The Balaban J connectivity index is 1.66. The Bertz CT molecular complexity index is 1040. The maximum atomic E-state index is 13.0. The Morgan fingerprint density at radius 1 is 0.963 bits per heavy atom. The Hall–Kier alpha value is -3.31. The minimum atomic E-state index is -0.122. The zero-order valence-electron chi connectivity index (χ0n) is 14.5. The minimum Gasteiger partial charge on any atom is -0.278 e. The van der Waals surface area contributed by atoms with Crippen molar-refractivity contribution in [1.29, 1.82) is 0 Å². The van der Waals surface area contributed by atoms with Crippen LogP contribution in [0.2, 0.25) is 0 Å². The van der Waals surface area contributed by atoms with Crippen molar-refractivity contribution in [2.75, 3.05) is 4.90 Å². The molecule has 0 saturated carbocycles. The van der Waals surface area contributed by atoms with Crippen LogP contribution in [0.5, 0.6) is 0 Å². The summed E-state index contributed by atoms with van der Waals surface area (Å²) in [5.41, 5.74) is 2.69. The summed E-state index contributed by atoms with van der Waals surface area (Å²) in [6, 6.07) is 23.4. The number of hydrogen-bond donors (Lipinski definition) is 0. The highest BCUT2D eigenvalue weighted by Crippen LogP contribution is 2.29. The van der Waals surface area contributed by atoms with E-state index in [9.17, 15) is 4.79 Å². The van der Waals surface area contributed by atoms with Crippen LogP contribution in [0.15, 0.2) is 85.1 Å². The molecule has 0 unspecified atom stereocenters. The van der Waals surface area contributed by atoms with E-state index in [1.807, 2.05) is 78.9 Å². The van der Waals surface area contributed by atoms with E-state index in [2.05, 4.69) is 9.97 Å². The van der Waals surface area contributed by atoms with E-state index >= 15 is 0 Å². The number of aromatic nitrogens is 2. The second kappa shape index (κ2) is 7.93. The summed E-state index contributed by atoms with van der Waals surface area (Å²) in [6.07, 6.45) is 5.14. The summed E-state index contributed by atoms with van der Waals surface area (Å²) in [5.74, 6) is -0.122. The van der Waals surface area contributed by atoms with Gasteiger partial charge in [-0.2, -0.15) is 0 Å². The summed E-state index contributed by atoms with van der Waals surface area (Å²) in [6.45, 7) is 0.374. The van der Waals surface area contributed by atoms with Crippen molar-refractivity contribution >= 4 is 38.7 Å². The van der Waals surface area contributed by atoms with Crippen LogP contribution in [0.25, 0.3) is 16.3 Å². The third-order valence-electron chi connectivity index (χ3n) is 4.04. The average molecular weight is 371 g/mol. The van der Waals surface area contributed by atoms with Crippen molar-refractivity contribution < 1.29 is 4.79 Å². The third kappa shape index (κ3) is 4.10. The van der Waals surface area contributed by atoms with Crippen LogP contribution in [0.3, 0.4) is 0 Å². The number of amides is 1. The molecule has 0 aliphatic rings. The highest BCUT2D eigenvalue weighted by Gasteiger charge is 2.18. The molecule has 0 aliphatic carbocycles. The standard InChI is InChI=1S/C22H17N3OS/c26-21(14-13-17-8-2-1-3-9-17)25(16-18-10-6-7-15-23-18)22-24-19-11-4-5-12-20(19)27-22/h1-15H,16H2/b14-13+. The number of para-hydroxylation sites is 1. The monoisotopic (exact) mass is 371 g/mol. The number of carbonyl (C=O) groups excluding carboxylic acids is 1. The van der Waals surface area contributed by atoms with E-state index in [0.29, 0.717) is 11.7 Å². The Morgan fingerprint density at radius 2 is 1.74 bits per heavy atom. The fraction of sp³-hybridized carbons (Fsp3) is 0.0455.